The van der Waals surface area contributed by atoms with Crippen LogP contribution >= 0.6 is 0 Å². The molecule has 0 aliphatic heterocycles. The van der Waals surface area contributed by atoms with E-state index in [2.05, 4.69) is 16.9 Å². The summed E-state index contributed by atoms with van der Waals surface area (Å²) < 4.78 is 14.8. The third-order valence-corrected chi connectivity index (χ3v) is 2.77. The predicted octanol–water partition coefficient (Wildman–Crippen LogP) is 3.09. The van der Waals surface area contributed by atoms with Gasteiger partial charge in [-0.15, -0.1) is 5.10 Å². The molecule has 0 atom stereocenters. The first-order chi connectivity index (χ1) is 8.75. The average molecular weight is 239 g/mol. The summed E-state index contributed by atoms with van der Waals surface area (Å²) in [5.74, 6) is -0.293. The normalized spacial score (nSPS) is 10.7. The summed E-state index contributed by atoms with van der Waals surface area (Å²) >= 11 is 0. The number of rotatable bonds is 2. The fourth-order valence-electron chi connectivity index (χ4n) is 1.86. The molecular formula is C14H10FN3. The molecule has 2 aromatic carbocycles. The maximum Gasteiger partial charge on any atom is 0.123 e. The molecule has 0 radical (unpaired) electrons. The van der Waals surface area contributed by atoms with Gasteiger partial charge in [-0.05, 0) is 24.3 Å². The molecule has 88 valence electrons. The molecule has 0 saturated heterocycles. The van der Waals surface area contributed by atoms with Gasteiger partial charge in [0.2, 0.25) is 0 Å². The highest BCUT2D eigenvalue weighted by molar-refractivity contribution is 5.80. The molecule has 0 aliphatic carbocycles. The summed E-state index contributed by atoms with van der Waals surface area (Å²) in [6.07, 6.45) is 0. The van der Waals surface area contributed by atoms with Gasteiger partial charge in [-0.25, -0.2) is 9.07 Å². The average Bonchev–Trinajstić information content (AvgIpc) is 2.82. The standard InChI is InChI=1S/C14H10FN3/c1-10(11-5-4-6-12(15)9-11)18-14-8-3-2-7-13(14)16-17-18/h2-9H,1H2. The first-order valence-electron chi connectivity index (χ1n) is 5.51. The third kappa shape index (κ3) is 1.68. The van der Waals surface area contributed by atoms with Gasteiger partial charge in [-0.1, -0.05) is 36.1 Å². The summed E-state index contributed by atoms with van der Waals surface area (Å²) in [4.78, 5) is 0. The lowest BCUT2D eigenvalue weighted by Gasteiger charge is -2.06. The zero-order chi connectivity index (χ0) is 12.5. The Morgan fingerprint density at radius 1 is 1.11 bits per heavy atom. The van der Waals surface area contributed by atoms with Crippen molar-refractivity contribution >= 4 is 16.7 Å². The highest BCUT2D eigenvalue weighted by Crippen LogP contribution is 2.20. The number of hydrogen-bond acceptors (Lipinski definition) is 2. The van der Waals surface area contributed by atoms with Crippen LogP contribution in [0.15, 0.2) is 55.1 Å². The molecule has 3 rings (SSSR count). The smallest absolute Gasteiger partial charge is 0.123 e. The van der Waals surface area contributed by atoms with Gasteiger partial charge >= 0.3 is 0 Å². The van der Waals surface area contributed by atoms with Crippen LogP contribution < -0.4 is 0 Å². The zero-order valence-corrected chi connectivity index (χ0v) is 9.55. The molecule has 0 unspecified atom stereocenters. The van der Waals surface area contributed by atoms with Crippen molar-refractivity contribution in [3.8, 4) is 0 Å². The van der Waals surface area contributed by atoms with Crippen molar-refractivity contribution < 1.29 is 4.39 Å². The Labute approximate surface area is 103 Å². The number of hydrogen-bond donors (Lipinski definition) is 0. The Morgan fingerprint density at radius 2 is 1.94 bits per heavy atom. The predicted molar refractivity (Wildman–Crippen MR) is 68.4 cm³/mol. The minimum atomic E-state index is -0.293. The van der Waals surface area contributed by atoms with Crippen LogP contribution in [0.3, 0.4) is 0 Å². The Bertz CT molecular complexity index is 730. The van der Waals surface area contributed by atoms with Gasteiger partial charge in [0, 0.05) is 5.56 Å². The Morgan fingerprint density at radius 3 is 2.78 bits per heavy atom. The number of nitrogens with zero attached hydrogens (tertiary/aromatic N) is 3. The van der Waals surface area contributed by atoms with E-state index in [1.807, 2.05) is 24.3 Å². The second-order valence-corrected chi connectivity index (χ2v) is 3.95. The van der Waals surface area contributed by atoms with Gasteiger partial charge in [0.25, 0.3) is 0 Å². The van der Waals surface area contributed by atoms with Crippen LogP contribution in [0.25, 0.3) is 16.7 Å². The number of benzene rings is 2. The van der Waals surface area contributed by atoms with Crippen LogP contribution in [-0.2, 0) is 0 Å². The topological polar surface area (TPSA) is 30.7 Å². The molecule has 1 heterocycles. The molecule has 0 amide bonds. The maximum atomic E-state index is 13.2. The van der Waals surface area contributed by atoms with Gasteiger partial charge in [0.05, 0.1) is 11.2 Å². The zero-order valence-electron chi connectivity index (χ0n) is 9.55. The quantitative estimate of drug-likeness (QED) is 0.688. The van der Waals surface area contributed by atoms with Crippen LogP contribution in [0.4, 0.5) is 4.39 Å². The van der Waals surface area contributed by atoms with Crippen LogP contribution in [0.1, 0.15) is 5.56 Å². The van der Waals surface area contributed by atoms with E-state index < -0.39 is 0 Å². The van der Waals surface area contributed by atoms with E-state index in [-0.39, 0.29) is 5.82 Å². The van der Waals surface area contributed by atoms with E-state index in [1.54, 1.807) is 16.8 Å². The molecule has 0 N–H and O–H groups in total. The largest absolute Gasteiger partial charge is 0.213 e. The van der Waals surface area contributed by atoms with Crippen molar-refractivity contribution in [2.75, 3.05) is 0 Å². The lowest BCUT2D eigenvalue weighted by Crippen LogP contribution is -2.00. The highest BCUT2D eigenvalue weighted by atomic mass is 19.1. The molecule has 4 heteroatoms. The van der Waals surface area contributed by atoms with E-state index in [9.17, 15) is 4.39 Å². The molecule has 0 saturated carbocycles. The fraction of sp³-hybridized carbons (Fsp3) is 0. The van der Waals surface area contributed by atoms with Crippen LogP contribution in [0.5, 0.6) is 0 Å². The van der Waals surface area contributed by atoms with Crippen molar-refractivity contribution in [3.63, 3.8) is 0 Å². The summed E-state index contributed by atoms with van der Waals surface area (Å²) in [7, 11) is 0. The van der Waals surface area contributed by atoms with E-state index in [1.165, 1.54) is 12.1 Å². The monoisotopic (exact) mass is 239 g/mol. The highest BCUT2D eigenvalue weighted by Gasteiger charge is 2.08. The van der Waals surface area contributed by atoms with Crippen molar-refractivity contribution in [2.45, 2.75) is 0 Å². The number of fused-ring (bicyclic) bond motifs is 1. The Balaban J connectivity index is 2.12. The first kappa shape index (κ1) is 10.7. The maximum absolute atomic E-state index is 13.2. The SMILES string of the molecule is C=C(c1cccc(F)c1)n1nnc2ccccc21. The summed E-state index contributed by atoms with van der Waals surface area (Å²) in [5, 5.41) is 8.09. The van der Waals surface area contributed by atoms with Gasteiger partial charge in [-0.2, -0.15) is 0 Å². The van der Waals surface area contributed by atoms with E-state index >= 15 is 0 Å². The first-order valence-corrected chi connectivity index (χ1v) is 5.51. The fourth-order valence-corrected chi connectivity index (χ4v) is 1.86. The van der Waals surface area contributed by atoms with Crippen LogP contribution in [0.2, 0.25) is 0 Å². The summed E-state index contributed by atoms with van der Waals surface area (Å²) in [6, 6.07) is 13.8. The molecule has 0 aliphatic rings. The Kier molecular flexibility index (Phi) is 2.41. The number of aromatic nitrogens is 3. The molecule has 0 fully saturated rings. The van der Waals surface area contributed by atoms with Crippen molar-refractivity contribution in [1.29, 1.82) is 0 Å². The molecule has 0 bridgehead atoms. The van der Waals surface area contributed by atoms with Gasteiger partial charge in [0.1, 0.15) is 11.3 Å². The van der Waals surface area contributed by atoms with Crippen LogP contribution in [-0.4, -0.2) is 15.0 Å². The molecule has 0 spiro atoms. The second kappa shape index (κ2) is 4.07. The minimum Gasteiger partial charge on any atom is -0.213 e. The van der Waals surface area contributed by atoms with E-state index in [0.29, 0.717) is 11.3 Å². The lowest BCUT2D eigenvalue weighted by molar-refractivity contribution is 0.627. The van der Waals surface area contributed by atoms with Gasteiger partial charge in [-0.3, -0.25) is 0 Å². The number of para-hydroxylation sites is 1. The molecule has 3 nitrogen and oxygen atoms in total. The van der Waals surface area contributed by atoms with E-state index in [4.69, 9.17) is 0 Å². The Hall–Kier alpha value is -2.49. The third-order valence-electron chi connectivity index (χ3n) is 2.77. The molecule has 1 aromatic heterocycles. The lowest BCUT2D eigenvalue weighted by atomic mass is 10.1. The molecule has 3 aromatic rings. The number of halogens is 1. The van der Waals surface area contributed by atoms with E-state index in [0.717, 1.165) is 11.0 Å². The molecule has 18 heavy (non-hydrogen) atoms. The summed E-state index contributed by atoms with van der Waals surface area (Å²) in [6.45, 7) is 3.95. The van der Waals surface area contributed by atoms with Gasteiger partial charge < -0.3 is 0 Å². The summed E-state index contributed by atoms with van der Waals surface area (Å²) in [5.41, 5.74) is 2.93. The van der Waals surface area contributed by atoms with Crippen LogP contribution in [0, 0.1) is 5.82 Å². The van der Waals surface area contributed by atoms with Gasteiger partial charge in [0.15, 0.2) is 0 Å². The van der Waals surface area contributed by atoms with Crippen molar-refractivity contribution in [3.05, 3.63) is 66.5 Å². The minimum absolute atomic E-state index is 0.293. The molecular weight excluding hydrogens is 229 g/mol. The van der Waals surface area contributed by atoms with Crippen molar-refractivity contribution in [2.24, 2.45) is 0 Å². The van der Waals surface area contributed by atoms with Crippen molar-refractivity contribution in [1.82, 2.24) is 15.0 Å². The second-order valence-electron chi connectivity index (χ2n) is 3.95.